The number of carbonyl (C=O) groups is 1. The molecule has 0 fully saturated rings. The topological polar surface area (TPSA) is 78.5 Å². The van der Waals surface area contributed by atoms with Gasteiger partial charge in [0.05, 0.1) is 17.9 Å². The highest BCUT2D eigenvalue weighted by Gasteiger charge is 2.22. The number of carbonyl (C=O) groups excluding carboxylic acids is 1. The molecule has 4 aromatic rings. The molecule has 0 radical (unpaired) electrons. The number of benzene rings is 1. The van der Waals surface area contributed by atoms with E-state index in [0.29, 0.717) is 28.6 Å². The minimum absolute atomic E-state index is 0.156. The predicted octanol–water partition coefficient (Wildman–Crippen LogP) is 3.91. The molecule has 0 atom stereocenters. The van der Waals surface area contributed by atoms with Crippen molar-refractivity contribution >= 4 is 34.8 Å². The molecule has 0 saturated heterocycles. The van der Waals surface area contributed by atoms with Gasteiger partial charge in [0.1, 0.15) is 23.0 Å². The highest BCUT2D eigenvalue weighted by molar-refractivity contribution is 6.33. The molecule has 0 unspecified atom stereocenters. The molecule has 7 nitrogen and oxygen atoms in total. The lowest BCUT2D eigenvalue weighted by Gasteiger charge is -2.07. The van der Waals surface area contributed by atoms with E-state index in [2.05, 4.69) is 10.1 Å². The standard InChI is InChI=1S/C21H16Cl2N4O3/c1-13-19(20(23)27(25-13)11-14-6-2-3-7-16(14)22)21(29)30-12-15-10-18(28)26-9-5-4-8-17(26)24-15/h2-10H,11-12H2,1H3. The molecule has 30 heavy (non-hydrogen) atoms. The normalized spacial score (nSPS) is 11.0. The molecule has 0 aliphatic heterocycles. The van der Waals surface area contributed by atoms with Crippen molar-refractivity contribution in [2.75, 3.05) is 0 Å². The van der Waals surface area contributed by atoms with Crippen LogP contribution < -0.4 is 5.56 Å². The zero-order valence-electron chi connectivity index (χ0n) is 15.9. The first kappa shape index (κ1) is 20.1. The van der Waals surface area contributed by atoms with Gasteiger partial charge in [0.2, 0.25) is 0 Å². The SMILES string of the molecule is Cc1nn(Cc2ccccc2Cl)c(Cl)c1C(=O)OCc1cc(=O)n2ccccc2n1. The fourth-order valence-corrected chi connectivity index (χ4v) is 3.57. The molecule has 3 heterocycles. The summed E-state index contributed by atoms with van der Waals surface area (Å²) in [6.45, 7) is 1.83. The van der Waals surface area contributed by atoms with Gasteiger partial charge in [-0.25, -0.2) is 14.5 Å². The van der Waals surface area contributed by atoms with Crippen LogP contribution in [0.15, 0.2) is 59.5 Å². The molecule has 0 aliphatic rings. The second-order valence-electron chi connectivity index (χ2n) is 6.59. The number of hydrogen-bond acceptors (Lipinski definition) is 5. The van der Waals surface area contributed by atoms with Crippen molar-refractivity contribution in [2.45, 2.75) is 20.1 Å². The van der Waals surface area contributed by atoms with Crippen molar-refractivity contribution in [2.24, 2.45) is 0 Å². The van der Waals surface area contributed by atoms with E-state index in [1.165, 1.54) is 15.1 Å². The summed E-state index contributed by atoms with van der Waals surface area (Å²) >= 11 is 12.6. The molecule has 0 N–H and O–H groups in total. The van der Waals surface area contributed by atoms with Gasteiger partial charge in [0.25, 0.3) is 5.56 Å². The number of fused-ring (bicyclic) bond motifs is 1. The van der Waals surface area contributed by atoms with Crippen molar-refractivity contribution in [1.82, 2.24) is 19.2 Å². The zero-order valence-corrected chi connectivity index (χ0v) is 17.4. The lowest BCUT2D eigenvalue weighted by molar-refractivity contribution is 0.0467. The van der Waals surface area contributed by atoms with Crippen LogP contribution in [-0.2, 0) is 17.9 Å². The Balaban J connectivity index is 1.53. The summed E-state index contributed by atoms with van der Waals surface area (Å²) in [4.78, 5) is 29.1. The summed E-state index contributed by atoms with van der Waals surface area (Å²) in [6.07, 6.45) is 1.62. The Morgan fingerprint density at radius 3 is 2.70 bits per heavy atom. The molecular weight excluding hydrogens is 427 g/mol. The Morgan fingerprint density at radius 2 is 1.90 bits per heavy atom. The number of pyridine rings is 1. The van der Waals surface area contributed by atoms with E-state index in [0.717, 1.165) is 5.56 Å². The lowest BCUT2D eigenvalue weighted by atomic mass is 10.2. The second kappa shape index (κ2) is 8.30. The average Bonchev–Trinajstić information content (AvgIpc) is 3.01. The summed E-state index contributed by atoms with van der Waals surface area (Å²) < 4.78 is 8.26. The van der Waals surface area contributed by atoms with Gasteiger partial charge >= 0.3 is 5.97 Å². The van der Waals surface area contributed by atoms with Gasteiger partial charge in [0.15, 0.2) is 0 Å². The average molecular weight is 443 g/mol. The van der Waals surface area contributed by atoms with E-state index < -0.39 is 5.97 Å². The number of rotatable bonds is 5. The maximum absolute atomic E-state index is 12.6. The van der Waals surface area contributed by atoms with Crippen LogP contribution in [0.5, 0.6) is 0 Å². The number of ether oxygens (including phenoxy) is 1. The summed E-state index contributed by atoms with van der Waals surface area (Å²) in [5, 5.41) is 5.07. The maximum Gasteiger partial charge on any atom is 0.343 e. The van der Waals surface area contributed by atoms with Crippen LogP contribution in [0, 0.1) is 6.92 Å². The maximum atomic E-state index is 12.6. The summed E-state index contributed by atoms with van der Waals surface area (Å²) in [5.74, 6) is -0.641. The van der Waals surface area contributed by atoms with Gasteiger partial charge < -0.3 is 4.74 Å². The fraction of sp³-hybridized carbons (Fsp3) is 0.143. The van der Waals surface area contributed by atoms with Gasteiger partial charge in [-0.05, 0) is 30.7 Å². The van der Waals surface area contributed by atoms with Crippen molar-refractivity contribution < 1.29 is 9.53 Å². The lowest BCUT2D eigenvalue weighted by Crippen LogP contribution is -2.16. The van der Waals surface area contributed by atoms with Crippen molar-refractivity contribution in [1.29, 1.82) is 0 Å². The Hall–Kier alpha value is -3.16. The molecule has 152 valence electrons. The van der Waals surface area contributed by atoms with Crippen LogP contribution >= 0.6 is 23.2 Å². The number of halogens is 2. The molecule has 0 saturated carbocycles. The second-order valence-corrected chi connectivity index (χ2v) is 7.36. The van der Waals surface area contributed by atoms with Gasteiger partial charge in [-0.3, -0.25) is 9.20 Å². The van der Waals surface area contributed by atoms with E-state index in [9.17, 15) is 9.59 Å². The highest BCUT2D eigenvalue weighted by Crippen LogP contribution is 2.24. The van der Waals surface area contributed by atoms with Crippen LogP contribution in [0.2, 0.25) is 10.2 Å². The largest absolute Gasteiger partial charge is 0.455 e. The number of esters is 1. The minimum Gasteiger partial charge on any atom is -0.455 e. The van der Waals surface area contributed by atoms with E-state index in [1.54, 1.807) is 37.4 Å². The predicted molar refractivity (Wildman–Crippen MR) is 113 cm³/mol. The Labute approximate surface area is 181 Å². The van der Waals surface area contributed by atoms with Crippen LogP contribution in [-0.4, -0.2) is 25.1 Å². The first-order chi connectivity index (χ1) is 14.4. The van der Waals surface area contributed by atoms with E-state index in [-0.39, 0.29) is 22.9 Å². The minimum atomic E-state index is -0.641. The number of aryl methyl sites for hydroxylation is 1. The molecule has 9 heteroatoms. The number of aromatic nitrogens is 4. The van der Waals surface area contributed by atoms with E-state index in [4.69, 9.17) is 27.9 Å². The van der Waals surface area contributed by atoms with Crippen LogP contribution in [0.4, 0.5) is 0 Å². The van der Waals surface area contributed by atoms with Gasteiger partial charge in [-0.2, -0.15) is 5.10 Å². The first-order valence-electron chi connectivity index (χ1n) is 9.05. The highest BCUT2D eigenvalue weighted by atomic mass is 35.5. The molecule has 0 amide bonds. The molecule has 0 spiro atoms. The monoisotopic (exact) mass is 442 g/mol. The quantitative estimate of drug-likeness (QED) is 0.437. The van der Waals surface area contributed by atoms with Gasteiger partial charge in [0, 0.05) is 17.3 Å². The van der Waals surface area contributed by atoms with Gasteiger partial charge in [-0.1, -0.05) is 47.5 Å². The molecular formula is C21H16Cl2N4O3. The van der Waals surface area contributed by atoms with Crippen molar-refractivity contribution in [3.05, 3.63) is 97.8 Å². The third kappa shape index (κ3) is 3.94. The third-order valence-electron chi connectivity index (χ3n) is 4.52. The van der Waals surface area contributed by atoms with Crippen molar-refractivity contribution in [3.63, 3.8) is 0 Å². The van der Waals surface area contributed by atoms with E-state index >= 15 is 0 Å². The van der Waals surface area contributed by atoms with Crippen molar-refractivity contribution in [3.8, 4) is 0 Å². The molecule has 0 aliphatic carbocycles. The summed E-state index contributed by atoms with van der Waals surface area (Å²) in [7, 11) is 0. The Kier molecular flexibility index (Phi) is 5.57. The molecule has 3 aromatic heterocycles. The number of nitrogens with zero attached hydrogens (tertiary/aromatic N) is 4. The molecule has 4 rings (SSSR count). The summed E-state index contributed by atoms with van der Waals surface area (Å²) in [5.41, 5.74) is 1.98. The number of hydrogen-bond donors (Lipinski definition) is 0. The Morgan fingerprint density at radius 1 is 1.13 bits per heavy atom. The zero-order chi connectivity index (χ0) is 21.3. The van der Waals surface area contributed by atoms with E-state index in [1.807, 2.05) is 18.2 Å². The molecule has 0 bridgehead atoms. The smallest absolute Gasteiger partial charge is 0.343 e. The Bertz CT molecular complexity index is 1310. The molecule has 1 aromatic carbocycles. The summed E-state index contributed by atoms with van der Waals surface area (Å²) in [6, 6.07) is 13.9. The van der Waals surface area contributed by atoms with Crippen LogP contribution in [0.3, 0.4) is 0 Å². The third-order valence-corrected chi connectivity index (χ3v) is 5.28. The van der Waals surface area contributed by atoms with Crippen LogP contribution in [0.1, 0.15) is 27.3 Å². The first-order valence-corrected chi connectivity index (χ1v) is 9.80. The fourth-order valence-electron chi connectivity index (χ4n) is 3.07. The van der Waals surface area contributed by atoms with Crippen LogP contribution in [0.25, 0.3) is 5.65 Å². The van der Waals surface area contributed by atoms with Gasteiger partial charge in [-0.15, -0.1) is 0 Å².